The van der Waals surface area contributed by atoms with E-state index in [4.69, 9.17) is 0 Å². The lowest BCUT2D eigenvalue weighted by molar-refractivity contribution is 0.265. The number of nitrogens with zero attached hydrogens (tertiary/aromatic N) is 6. The highest BCUT2D eigenvalue weighted by molar-refractivity contribution is 7.13. The third-order valence-electron chi connectivity index (χ3n) is 4.99. The lowest BCUT2D eigenvalue weighted by Crippen LogP contribution is -2.35. The second-order valence-corrected chi connectivity index (χ2v) is 7.26. The minimum atomic E-state index is 0.981. The van der Waals surface area contributed by atoms with E-state index in [2.05, 4.69) is 42.0 Å². The maximum Gasteiger partial charge on any atom is 0.185 e. The molecule has 2 aromatic heterocycles. The van der Waals surface area contributed by atoms with Crippen LogP contribution in [0.2, 0.25) is 0 Å². The van der Waals surface area contributed by atoms with E-state index < -0.39 is 0 Å². The molecule has 7 heteroatoms. The van der Waals surface area contributed by atoms with Gasteiger partial charge in [0.05, 0.1) is 5.69 Å². The van der Waals surface area contributed by atoms with Gasteiger partial charge in [0.25, 0.3) is 0 Å². The Bertz CT molecular complexity index is 674. The number of hydrogen-bond acceptors (Lipinski definition) is 7. The van der Waals surface area contributed by atoms with Gasteiger partial charge < -0.3 is 9.80 Å². The summed E-state index contributed by atoms with van der Waals surface area (Å²) in [6, 6.07) is 0. The maximum absolute atomic E-state index is 4.67. The first-order valence-corrected chi connectivity index (χ1v) is 9.67. The summed E-state index contributed by atoms with van der Waals surface area (Å²) in [5, 5.41) is 3.19. The van der Waals surface area contributed by atoms with E-state index in [-0.39, 0.29) is 0 Å². The van der Waals surface area contributed by atoms with Crippen molar-refractivity contribution >= 4 is 22.3 Å². The van der Waals surface area contributed by atoms with E-state index in [9.17, 15) is 0 Å². The SMILES string of the molecule is CCN1CCc2ncnc(N3CCCN(c4nccs4)CC3)c2C1. The molecule has 0 atom stereocenters. The summed E-state index contributed by atoms with van der Waals surface area (Å²) in [5.41, 5.74) is 2.58. The molecule has 24 heavy (non-hydrogen) atoms. The first-order valence-electron chi connectivity index (χ1n) is 8.79. The number of rotatable bonds is 3. The summed E-state index contributed by atoms with van der Waals surface area (Å²) >= 11 is 1.73. The summed E-state index contributed by atoms with van der Waals surface area (Å²) in [7, 11) is 0. The number of hydrogen-bond donors (Lipinski definition) is 0. The van der Waals surface area contributed by atoms with E-state index in [1.807, 2.05) is 6.20 Å². The second kappa shape index (κ2) is 7.03. The van der Waals surface area contributed by atoms with Crippen LogP contribution in [0.1, 0.15) is 24.6 Å². The molecule has 0 radical (unpaired) electrons. The molecule has 4 heterocycles. The van der Waals surface area contributed by atoms with E-state index in [0.29, 0.717) is 0 Å². The number of aromatic nitrogens is 3. The van der Waals surface area contributed by atoms with E-state index in [0.717, 1.165) is 69.6 Å². The zero-order valence-electron chi connectivity index (χ0n) is 14.2. The third kappa shape index (κ3) is 3.10. The van der Waals surface area contributed by atoms with Gasteiger partial charge in [0.1, 0.15) is 12.1 Å². The minimum Gasteiger partial charge on any atom is -0.354 e. The molecule has 0 spiro atoms. The zero-order valence-corrected chi connectivity index (χ0v) is 15.0. The molecular formula is C17H24N6S. The molecule has 6 nitrogen and oxygen atoms in total. The van der Waals surface area contributed by atoms with Gasteiger partial charge in [0, 0.05) is 62.8 Å². The standard InChI is InChI=1S/C17H24N6S/c1-2-21-8-4-15-14(12-21)16(20-13-19-15)22-6-3-7-23(10-9-22)17-18-5-11-24-17/h5,11,13H,2-4,6-10,12H2,1H3. The molecule has 2 aliphatic heterocycles. The summed E-state index contributed by atoms with van der Waals surface area (Å²) in [5.74, 6) is 1.15. The fourth-order valence-corrected chi connectivity index (χ4v) is 4.31. The molecule has 1 fully saturated rings. The topological polar surface area (TPSA) is 48.4 Å². The van der Waals surface area contributed by atoms with Gasteiger partial charge in [0.2, 0.25) is 0 Å². The van der Waals surface area contributed by atoms with Crippen LogP contribution in [-0.2, 0) is 13.0 Å². The molecule has 2 aromatic rings. The van der Waals surface area contributed by atoms with Crippen LogP contribution in [0.4, 0.5) is 10.9 Å². The van der Waals surface area contributed by atoms with Crippen molar-refractivity contribution in [3.63, 3.8) is 0 Å². The molecule has 128 valence electrons. The highest BCUT2D eigenvalue weighted by atomic mass is 32.1. The summed E-state index contributed by atoms with van der Waals surface area (Å²) < 4.78 is 0. The highest BCUT2D eigenvalue weighted by Crippen LogP contribution is 2.27. The fraction of sp³-hybridized carbons (Fsp3) is 0.588. The van der Waals surface area contributed by atoms with Gasteiger partial charge in [-0.1, -0.05) is 6.92 Å². The van der Waals surface area contributed by atoms with Crippen molar-refractivity contribution in [1.29, 1.82) is 0 Å². The average Bonchev–Trinajstić information content (AvgIpc) is 3.06. The Morgan fingerprint density at radius 2 is 1.92 bits per heavy atom. The van der Waals surface area contributed by atoms with Gasteiger partial charge >= 0.3 is 0 Å². The van der Waals surface area contributed by atoms with Crippen LogP contribution in [0.3, 0.4) is 0 Å². The molecule has 2 aliphatic rings. The molecule has 0 amide bonds. The van der Waals surface area contributed by atoms with Crippen molar-refractivity contribution in [1.82, 2.24) is 19.9 Å². The Hall–Kier alpha value is -1.73. The zero-order chi connectivity index (χ0) is 16.4. The number of thiazole rings is 1. The van der Waals surface area contributed by atoms with Crippen molar-refractivity contribution in [2.75, 3.05) is 49.1 Å². The molecule has 0 aromatic carbocycles. The molecule has 0 saturated carbocycles. The van der Waals surface area contributed by atoms with Crippen molar-refractivity contribution in [3.05, 3.63) is 29.2 Å². The van der Waals surface area contributed by atoms with Gasteiger partial charge in [-0.15, -0.1) is 11.3 Å². The predicted molar refractivity (Wildman–Crippen MR) is 97.8 cm³/mol. The number of anilines is 2. The van der Waals surface area contributed by atoms with Crippen molar-refractivity contribution in [2.24, 2.45) is 0 Å². The summed E-state index contributed by atoms with van der Waals surface area (Å²) in [6.45, 7) is 9.53. The largest absolute Gasteiger partial charge is 0.354 e. The number of likely N-dealkylation sites (N-methyl/N-ethyl adjacent to an activating group) is 1. The molecule has 0 unspecified atom stereocenters. The van der Waals surface area contributed by atoms with Crippen LogP contribution in [0, 0.1) is 0 Å². The monoisotopic (exact) mass is 344 g/mol. The van der Waals surface area contributed by atoms with Crippen LogP contribution in [-0.4, -0.2) is 59.1 Å². The van der Waals surface area contributed by atoms with Crippen molar-refractivity contribution < 1.29 is 0 Å². The van der Waals surface area contributed by atoms with Crippen LogP contribution in [0.15, 0.2) is 17.9 Å². The van der Waals surface area contributed by atoms with Crippen LogP contribution < -0.4 is 9.80 Å². The minimum absolute atomic E-state index is 0.981. The summed E-state index contributed by atoms with van der Waals surface area (Å²) in [4.78, 5) is 21.0. The lowest BCUT2D eigenvalue weighted by atomic mass is 10.1. The molecule has 4 rings (SSSR count). The quantitative estimate of drug-likeness (QED) is 0.849. The van der Waals surface area contributed by atoms with Gasteiger partial charge in [-0.25, -0.2) is 15.0 Å². The average molecular weight is 344 g/mol. The molecule has 0 aliphatic carbocycles. The lowest BCUT2D eigenvalue weighted by Gasteiger charge is -2.31. The van der Waals surface area contributed by atoms with Gasteiger partial charge in [0.15, 0.2) is 5.13 Å². The second-order valence-electron chi connectivity index (χ2n) is 6.38. The van der Waals surface area contributed by atoms with E-state index >= 15 is 0 Å². The summed E-state index contributed by atoms with van der Waals surface area (Å²) in [6.07, 6.45) is 5.82. The smallest absolute Gasteiger partial charge is 0.185 e. The van der Waals surface area contributed by atoms with Crippen LogP contribution >= 0.6 is 11.3 Å². The van der Waals surface area contributed by atoms with Crippen molar-refractivity contribution in [3.8, 4) is 0 Å². The van der Waals surface area contributed by atoms with Gasteiger partial charge in [-0.2, -0.15) is 0 Å². The van der Waals surface area contributed by atoms with Crippen LogP contribution in [0.25, 0.3) is 0 Å². The van der Waals surface area contributed by atoms with Crippen LogP contribution in [0.5, 0.6) is 0 Å². The molecule has 1 saturated heterocycles. The Balaban J connectivity index is 1.54. The van der Waals surface area contributed by atoms with Gasteiger partial charge in [-0.05, 0) is 13.0 Å². The Kier molecular flexibility index (Phi) is 4.62. The van der Waals surface area contributed by atoms with Gasteiger partial charge in [-0.3, -0.25) is 4.90 Å². The number of fused-ring (bicyclic) bond motifs is 1. The first kappa shape index (κ1) is 15.8. The van der Waals surface area contributed by atoms with Crippen molar-refractivity contribution in [2.45, 2.75) is 26.3 Å². The first-order chi connectivity index (χ1) is 11.8. The van der Waals surface area contributed by atoms with E-state index in [1.54, 1.807) is 17.7 Å². The molecule has 0 bridgehead atoms. The van der Waals surface area contributed by atoms with E-state index in [1.165, 1.54) is 11.3 Å². The Morgan fingerprint density at radius 3 is 2.75 bits per heavy atom. The normalized spacial score (nSPS) is 19.2. The predicted octanol–water partition coefficient (Wildman–Crippen LogP) is 2.03. The maximum atomic E-state index is 4.67. The third-order valence-corrected chi connectivity index (χ3v) is 5.82. The Labute approximate surface area is 147 Å². The molecule has 0 N–H and O–H groups in total. The fourth-order valence-electron chi connectivity index (χ4n) is 3.62. The Morgan fingerprint density at radius 1 is 1.04 bits per heavy atom. The highest BCUT2D eigenvalue weighted by Gasteiger charge is 2.25. The molecular weight excluding hydrogens is 320 g/mol.